The van der Waals surface area contributed by atoms with Gasteiger partial charge < -0.3 is 11.1 Å². The van der Waals surface area contributed by atoms with Crippen molar-refractivity contribution in [2.75, 3.05) is 6.54 Å². The Labute approximate surface area is 213 Å². The molecule has 11 heteroatoms. The number of carbonyl (C=O) groups excluding carboxylic acids is 2. The monoisotopic (exact) mass is 513 g/mol. The zero-order chi connectivity index (χ0) is 26.2. The predicted octanol–water partition coefficient (Wildman–Crippen LogP) is 3.07. The highest BCUT2D eigenvalue weighted by Gasteiger charge is 2.63. The number of aromatic nitrogens is 5. The molecule has 0 radical (unpaired) electrons. The van der Waals surface area contributed by atoms with E-state index in [9.17, 15) is 13.6 Å². The lowest BCUT2D eigenvalue weighted by Crippen LogP contribution is -2.54. The highest BCUT2D eigenvalue weighted by atomic mass is 19.3. The van der Waals surface area contributed by atoms with Gasteiger partial charge in [0.15, 0.2) is 5.65 Å². The highest BCUT2D eigenvalue weighted by molar-refractivity contribution is 5.79. The number of rotatable bonds is 6. The fraction of sp³-hybridized carbons (Fsp3) is 0.577. The smallest absolute Gasteiger partial charge is 0.249 e. The van der Waals surface area contributed by atoms with Crippen molar-refractivity contribution in [1.29, 1.82) is 0 Å². The van der Waals surface area contributed by atoms with E-state index >= 15 is 0 Å². The van der Waals surface area contributed by atoms with Crippen molar-refractivity contribution in [3.8, 4) is 0 Å². The van der Waals surface area contributed by atoms with Gasteiger partial charge in [-0.2, -0.15) is 10.2 Å². The molecule has 0 bridgehead atoms. The van der Waals surface area contributed by atoms with Crippen molar-refractivity contribution in [2.24, 2.45) is 23.0 Å². The van der Waals surface area contributed by atoms with Crippen LogP contribution in [0.5, 0.6) is 0 Å². The molecule has 2 atom stereocenters. The number of aryl methyl sites for hydroxylation is 1. The maximum absolute atomic E-state index is 13.6. The number of nitrogens with zero attached hydrogens (tertiary/aromatic N) is 5. The Morgan fingerprint density at radius 1 is 1.27 bits per heavy atom. The Bertz CT molecular complexity index is 1270. The van der Waals surface area contributed by atoms with E-state index in [0.29, 0.717) is 6.42 Å². The van der Waals surface area contributed by atoms with Gasteiger partial charge in [0.05, 0.1) is 17.6 Å². The largest absolute Gasteiger partial charge is 0.372 e. The second-order valence-electron chi connectivity index (χ2n) is 10.7. The molecule has 1 saturated heterocycles. The second kappa shape index (κ2) is 9.83. The van der Waals surface area contributed by atoms with Crippen LogP contribution in [0.1, 0.15) is 68.4 Å². The number of nitrogens with one attached hydrogen (secondary N) is 1. The number of nitrogens with two attached hydrogens (primary N) is 1. The molecule has 1 spiro atoms. The van der Waals surface area contributed by atoms with E-state index < -0.39 is 5.92 Å². The number of hydrogen-bond donors (Lipinski definition) is 2. The van der Waals surface area contributed by atoms with E-state index in [-0.39, 0.29) is 48.3 Å². The van der Waals surface area contributed by atoms with Gasteiger partial charge in [-0.05, 0) is 62.1 Å². The third kappa shape index (κ3) is 4.95. The SMILES string of the molecule is CCn1nccc1C(c1cn2nc(CC3CCCNC3=O)ccc2n1)C1CC2(C1)CC(F)(F)C2.NC=O. The van der Waals surface area contributed by atoms with Crippen LogP contribution in [0, 0.1) is 17.3 Å². The van der Waals surface area contributed by atoms with Gasteiger partial charge in [0.2, 0.25) is 18.2 Å². The second-order valence-corrected chi connectivity index (χ2v) is 10.7. The number of fused-ring (bicyclic) bond motifs is 1. The van der Waals surface area contributed by atoms with E-state index in [4.69, 9.17) is 14.9 Å². The van der Waals surface area contributed by atoms with E-state index in [2.05, 4.69) is 23.1 Å². The number of alkyl halides is 2. The van der Waals surface area contributed by atoms with Crippen LogP contribution in [0.25, 0.3) is 5.65 Å². The van der Waals surface area contributed by atoms with Crippen LogP contribution in [-0.4, -0.2) is 49.2 Å². The minimum absolute atomic E-state index is 0.00318. The number of primary amides is 1. The molecule has 37 heavy (non-hydrogen) atoms. The molecule has 198 valence electrons. The van der Waals surface area contributed by atoms with Gasteiger partial charge in [-0.25, -0.2) is 18.3 Å². The normalized spacial score (nSPS) is 22.9. The van der Waals surface area contributed by atoms with Gasteiger partial charge in [0.1, 0.15) is 0 Å². The van der Waals surface area contributed by atoms with Crippen molar-refractivity contribution >= 4 is 18.0 Å². The van der Waals surface area contributed by atoms with Crippen LogP contribution in [0.3, 0.4) is 0 Å². The van der Waals surface area contributed by atoms with Gasteiger partial charge in [-0.15, -0.1) is 0 Å². The van der Waals surface area contributed by atoms with Crippen molar-refractivity contribution in [1.82, 2.24) is 29.7 Å². The van der Waals surface area contributed by atoms with E-state index in [1.54, 1.807) is 10.7 Å². The minimum atomic E-state index is -2.50. The average molecular weight is 514 g/mol. The summed E-state index contributed by atoms with van der Waals surface area (Å²) in [5, 5.41) is 12.2. The molecule has 2 unspecified atom stereocenters. The van der Waals surface area contributed by atoms with Crippen molar-refractivity contribution in [3.63, 3.8) is 0 Å². The number of amides is 2. The maximum Gasteiger partial charge on any atom is 0.249 e. The molecular formula is C26H33F2N7O2. The Morgan fingerprint density at radius 2 is 2.03 bits per heavy atom. The molecule has 1 aliphatic heterocycles. The molecule has 2 amide bonds. The lowest BCUT2D eigenvalue weighted by Gasteiger charge is -2.58. The van der Waals surface area contributed by atoms with Gasteiger partial charge in [0, 0.05) is 56.1 Å². The summed E-state index contributed by atoms with van der Waals surface area (Å²) in [5.41, 5.74) is 7.57. The van der Waals surface area contributed by atoms with E-state index in [0.717, 1.165) is 61.5 Å². The molecule has 3 fully saturated rings. The summed E-state index contributed by atoms with van der Waals surface area (Å²) in [4.78, 5) is 25.7. The highest BCUT2D eigenvalue weighted by Crippen LogP contribution is 2.67. The molecule has 4 heterocycles. The van der Waals surface area contributed by atoms with Crippen LogP contribution in [-0.2, 0) is 22.6 Å². The summed E-state index contributed by atoms with van der Waals surface area (Å²) >= 11 is 0. The molecule has 3 aliphatic rings. The standard InChI is InChI=1S/C25H30F2N6O.CH3NO/c1-2-32-20(7-9-29-32)22(17-11-24(12-17)14-25(26,27)15-24)19-13-33-21(30-19)6-5-18(31-33)10-16-4-3-8-28-23(16)34;2-1-3/h5-7,9,13,16-17,22H,2-4,8,10-12,14-15H2,1H3,(H,28,34);1H,(H2,2,3). The fourth-order valence-electron chi connectivity index (χ4n) is 6.61. The first-order valence-electron chi connectivity index (χ1n) is 12.9. The molecule has 9 nitrogen and oxygen atoms in total. The van der Waals surface area contributed by atoms with Crippen LogP contribution in [0.15, 0.2) is 30.6 Å². The Hall–Kier alpha value is -3.37. The van der Waals surface area contributed by atoms with Gasteiger partial charge in [-0.1, -0.05) is 0 Å². The molecule has 2 saturated carbocycles. The molecule has 2 aliphatic carbocycles. The van der Waals surface area contributed by atoms with Crippen molar-refractivity contribution in [2.45, 2.75) is 70.3 Å². The zero-order valence-electron chi connectivity index (χ0n) is 20.9. The molecule has 0 aromatic carbocycles. The summed E-state index contributed by atoms with van der Waals surface area (Å²) < 4.78 is 31.0. The van der Waals surface area contributed by atoms with Gasteiger partial charge in [0.25, 0.3) is 0 Å². The van der Waals surface area contributed by atoms with Gasteiger partial charge in [-0.3, -0.25) is 14.3 Å². The van der Waals surface area contributed by atoms with E-state index in [1.807, 2.05) is 29.1 Å². The fourth-order valence-corrected chi connectivity index (χ4v) is 6.61. The topological polar surface area (TPSA) is 120 Å². The van der Waals surface area contributed by atoms with Crippen molar-refractivity contribution in [3.05, 3.63) is 47.7 Å². The van der Waals surface area contributed by atoms with Crippen LogP contribution in [0.4, 0.5) is 8.78 Å². The number of hydrogen-bond acceptors (Lipinski definition) is 5. The number of piperidine rings is 1. The molecular weight excluding hydrogens is 480 g/mol. The number of halogens is 2. The summed E-state index contributed by atoms with van der Waals surface area (Å²) in [5.74, 6) is -2.18. The first-order valence-corrected chi connectivity index (χ1v) is 12.9. The van der Waals surface area contributed by atoms with Gasteiger partial charge >= 0.3 is 0 Å². The molecule has 3 aromatic heterocycles. The Balaban J connectivity index is 0.000000892. The van der Waals surface area contributed by atoms with E-state index in [1.165, 1.54) is 0 Å². The average Bonchev–Trinajstić information content (AvgIpc) is 3.45. The molecule has 6 rings (SSSR count). The Morgan fingerprint density at radius 3 is 2.70 bits per heavy atom. The lowest BCUT2D eigenvalue weighted by molar-refractivity contribution is -0.208. The first-order chi connectivity index (χ1) is 17.8. The van der Waals surface area contributed by atoms with Crippen LogP contribution >= 0.6 is 0 Å². The van der Waals surface area contributed by atoms with Crippen LogP contribution in [0.2, 0.25) is 0 Å². The predicted molar refractivity (Wildman–Crippen MR) is 132 cm³/mol. The third-order valence-corrected chi connectivity index (χ3v) is 8.06. The maximum atomic E-state index is 13.6. The summed E-state index contributed by atoms with van der Waals surface area (Å²) in [6.07, 6.45) is 8.14. The summed E-state index contributed by atoms with van der Waals surface area (Å²) in [6.45, 7) is 3.55. The minimum Gasteiger partial charge on any atom is -0.372 e. The zero-order valence-corrected chi connectivity index (χ0v) is 20.9. The third-order valence-electron chi connectivity index (χ3n) is 8.06. The lowest BCUT2D eigenvalue weighted by atomic mass is 9.48. The quantitative estimate of drug-likeness (QED) is 0.491. The number of imidazole rings is 1. The molecule has 3 N–H and O–H groups in total. The Kier molecular flexibility index (Phi) is 6.72. The summed E-state index contributed by atoms with van der Waals surface area (Å²) in [7, 11) is 0. The van der Waals surface area contributed by atoms with Crippen molar-refractivity contribution < 1.29 is 18.4 Å². The summed E-state index contributed by atoms with van der Waals surface area (Å²) in [6, 6.07) is 5.93. The molecule has 3 aromatic rings. The first kappa shape index (κ1) is 25.3. The number of carbonyl (C=O) groups is 2. The van der Waals surface area contributed by atoms with Crippen LogP contribution < -0.4 is 11.1 Å².